The molecule has 1 N–H and O–H groups in total. The molecule has 0 aliphatic heterocycles. The highest BCUT2D eigenvalue weighted by Gasteiger charge is 2.15. The number of aryl methyl sites for hydroxylation is 1. The van der Waals surface area contributed by atoms with Gasteiger partial charge < -0.3 is 5.11 Å². The van der Waals surface area contributed by atoms with E-state index >= 15 is 0 Å². The van der Waals surface area contributed by atoms with Crippen molar-refractivity contribution in [3.63, 3.8) is 0 Å². The zero-order chi connectivity index (χ0) is 17.6. The summed E-state index contributed by atoms with van der Waals surface area (Å²) in [6.07, 6.45) is 4.97. The van der Waals surface area contributed by atoms with Crippen LogP contribution in [0.25, 0.3) is 11.3 Å². The minimum Gasteiger partial charge on any atom is -0.507 e. The summed E-state index contributed by atoms with van der Waals surface area (Å²) in [7, 11) is 0. The number of hydrogen-bond donors (Lipinski definition) is 1. The second-order valence-corrected chi connectivity index (χ2v) is 6.52. The molecular formula is C23H25NO. The summed E-state index contributed by atoms with van der Waals surface area (Å²) in [5, 5.41) is 10.7. The molecule has 2 aromatic carbocycles. The number of phenolic OH excluding ortho intramolecular Hbond substituents is 1. The largest absolute Gasteiger partial charge is 0.507 e. The Bertz CT molecular complexity index is 827. The summed E-state index contributed by atoms with van der Waals surface area (Å²) in [5.41, 5.74) is 5.30. The molecule has 0 aliphatic carbocycles. The van der Waals surface area contributed by atoms with Crippen molar-refractivity contribution < 1.29 is 5.11 Å². The summed E-state index contributed by atoms with van der Waals surface area (Å²) in [4.78, 5) is 4.44. The molecule has 3 aromatic rings. The third kappa shape index (κ3) is 3.90. The third-order valence-corrected chi connectivity index (χ3v) is 4.76. The zero-order valence-corrected chi connectivity index (χ0v) is 14.9. The lowest BCUT2D eigenvalue weighted by molar-refractivity contribution is 0.458. The van der Waals surface area contributed by atoms with Crippen molar-refractivity contribution in [3.8, 4) is 17.0 Å². The quantitative estimate of drug-likeness (QED) is 0.605. The van der Waals surface area contributed by atoms with Crippen LogP contribution in [-0.2, 0) is 6.42 Å². The van der Waals surface area contributed by atoms with E-state index in [1.165, 1.54) is 5.56 Å². The van der Waals surface area contributed by atoms with Crippen LogP contribution in [0.15, 0.2) is 66.9 Å². The molecule has 0 saturated carbocycles. The maximum absolute atomic E-state index is 10.7. The van der Waals surface area contributed by atoms with Crippen LogP contribution in [0, 0.1) is 0 Å². The first-order valence-electron chi connectivity index (χ1n) is 9.02. The molecule has 0 spiro atoms. The van der Waals surface area contributed by atoms with Gasteiger partial charge in [-0.3, -0.25) is 4.98 Å². The van der Waals surface area contributed by atoms with Crippen molar-refractivity contribution in [2.24, 2.45) is 0 Å². The second-order valence-electron chi connectivity index (χ2n) is 6.52. The number of unbranched alkanes of at least 4 members (excludes halogenated alkanes) is 1. The number of aromatic hydroxyl groups is 1. The molecule has 1 atom stereocenters. The molecule has 0 bridgehead atoms. The molecule has 0 aliphatic rings. The topological polar surface area (TPSA) is 33.1 Å². The van der Waals surface area contributed by atoms with Crippen molar-refractivity contribution in [1.29, 1.82) is 0 Å². The van der Waals surface area contributed by atoms with Gasteiger partial charge in [-0.1, -0.05) is 62.7 Å². The Balaban J connectivity index is 1.92. The standard InChI is InChI=1S/C23H25NO/c1-3-4-9-18-10-8-13-21(23(18)25)17(2)19-11-7-12-20(16-19)22-14-5-6-15-24-22/h5-8,10-17,25H,3-4,9H2,1-2H3. The number of rotatable bonds is 6. The van der Waals surface area contributed by atoms with Crippen LogP contribution in [-0.4, -0.2) is 10.1 Å². The molecule has 2 heteroatoms. The van der Waals surface area contributed by atoms with Crippen molar-refractivity contribution in [3.05, 3.63) is 83.6 Å². The zero-order valence-electron chi connectivity index (χ0n) is 14.9. The Hall–Kier alpha value is -2.61. The first-order chi connectivity index (χ1) is 12.2. The molecule has 128 valence electrons. The van der Waals surface area contributed by atoms with Gasteiger partial charge in [-0.25, -0.2) is 0 Å². The van der Waals surface area contributed by atoms with E-state index in [2.05, 4.69) is 49.2 Å². The summed E-state index contributed by atoms with van der Waals surface area (Å²) < 4.78 is 0. The van der Waals surface area contributed by atoms with E-state index in [1.807, 2.05) is 36.5 Å². The maximum Gasteiger partial charge on any atom is 0.122 e. The number of benzene rings is 2. The summed E-state index contributed by atoms with van der Waals surface area (Å²) >= 11 is 0. The molecule has 3 rings (SSSR count). The van der Waals surface area contributed by atoms with Gasteiger partial charge in [0.1, 0.15) is 5.75 Å². The van der Waals surface area contributed by atoms with Crippen LogP contribution in [0.5, 0.6) is 5.75 Å². The molecular weight excluding hydrogens is 306 g/mol. The monoisotopic (exact) mass is 331 g/mol. The minimum absolute atomic E-state index is 0.130. The van der Waals surface area contributed by atoms with E-state index in [1.54, 1.807) is 0 Å². The van der Waals surface area contributed by atoms with Crippen LogP contribution in [0.2, 0.25) is 0 Å². The smallest absolute Gasteiger partial charge is 0.122 e. The second kappa shape index (κ2) is 7.98. The predicted molar refractivity (Wildman–Crippen MR) is 104 cm³/mol. The van der Waals surface area contributed by atoms with E-state index in [9.17, 15) is 5.11 Å². The molecule has 0 fully saturated rings. The Morgan fingerprint density at radius 3 is 2.60 bits per heavy atom. The highest BCUT2D eigenvalue weighted by molar-refractivity contribution is 5.60. The first-order valence-corrected chi connectivity index (χ1v) is 9.02. The molecule has 0 amide bonds. The van der Waals surface area contributed by atoms with Gasteiger partial charge in [0.15, 0.2) is 0 Å². The van der Waals surface area contributed by atoms with Gasteiger partial charge in [0, 0.05) is 23.2 Å². The van der Waals surface area contributed by atoms with Crippen LogP contribution < -0.4 is 0 Å². The molecule has 25 heavy (non-hydrogen) atoms. The molecule has 2 nitrogen and oxygen atoms in total. The summed E-state index contributed by atoms with van der Waals surface area (Å²) in [5.74, 6) is 0.580. The van der Waals surface area contributed by atoms with Gasteiger partial charge in [-0.2, -0.15) is 0 Å². The molecule has 0 radical (unpaired) electrons. The van der Waals surface area contributed by atoms with Gasteiger partial charge in [-0.05, 0) is 42.2 Å². The minimum atomic E-state index is 0.130. The van der Waals surface area contributed by atoms with Crippen LogP contribution >= 0.6 is 0 Å². The van der Waals surface area contributed by atoms with Gasteiger partial charge in [0.05, 0.1) is 5.69 Å². The number of nitrogens with zero attached hydrogens (tertiary/aromatic N) is 1. The fraction of sp³-hybridized carbons (Fsp3) is 0.261. The Kier molecular flexibility index (Phi) is 5.49. The van der Waals surface area contributed by atoms with E-state index in [0.717, 1.165) is 41.6 Å². The number of para-hydroxylation sites is 1. The highest BCUT2D eigenvalue weighted by Crippen LogP contribution is 2.35. The number of aromatic nitrogens is 1. The van der Waals surface area contributed by atoms with Crippen LogP contribution in [0.3, 0.4) is 0 Å². The fourth-order valence-corrected chi connectivity index (χ4v) is 3.21. The number of hydrogen-bond acceptors (Lipinski definition) is 2. The van der Waals surface area contributed by atoms with Crippen molar-refractivity contribution >= 4 is 0 Å². The SMILES string of the molecule is CCCCc1cccc(C(C)c2cccc(-c3ccccn3)c2)c1O. The van der Waals surface area contributed by atoms with Gasteiger partial charge in [-0.15, -0.1) is 0 Å². The van der Waals surface area contributed by atoms with Gasteiger partial charge >= 0.3 is 0 Å². The lowest BCUT2D eigenvalue weighted by Gasteiger charge is -2.17. The average molecular weight is 331 g/mol. The highest BCUT2D eigenvalue weighted by atomic mass is 16.3. The van der Waals surface area contributed by atoms with E-state index in [0.29, 0.717) is 5.75 Å². The van der Waals surface area contributed by atoms with Gasteiger partial charge in [0.25, 0.3) is 0 Å². The fourth-order valence-electron chi connectivity index (χ4n) is 3.21. The van der Waals surface area contributed by atoms with Crippen molar-refractivity contribution in [1.82, 2.24) is 4.98 Å². The summed E-state index contributed by atoms with van der Waals surface area (Å²) in [6, 6.07) is 20.5. The molecule has 1 unspecified atom stereocenters. The Morgan fingerprint density at radius 1 is 1.00 bits per heavy atom. The van der Waals surface area contributed by atoms with E-state index < -0.39 is 0 Å². The van der Waals surface area contributed by atoms with Crippen molar-refractivity contribution in [2.45, 2.75) is 39.0 Å². The molecule has 1 aromatic heterocycles. The lowest BCUT2D eigenvalue weighted by Crippen LogP contribution is -1.99. The normalized spacial score (nSPS) is 12.1. The predicted octanol–water partition coefficient (Wildman–Crippen LogP) is 5.95. The Morgan fingerprint density at radius 2 is 1.84 bits per heavy atom. The average Bonchev–Trinajstić information content (AvgIpc) is 2.67. The first kappa shape index (κ1) is 17.2. The molecule has 0 saturated heterocycles. The van der Waals surface area contributed by atoms with Crippen LogP contribution in [0.4, 0.5) is 0 Å². The molecule has 1 heterocycles. The maximum atomic E-state index is 10.7. The number of pyridine rings is 1. The van der Waals surface area contributed by atoms with Crippen molar-refractivity contribution in [2.75, 3.05) is 0 Å². The Labute approximate surface area is 150 Å². The number of phenols is 1. The summed E-state index contributed by atoms with van der Waals surface area (Å²) in [6.45, 7) is 4.32. The van der Waals surface area contributed by atoms with E-state index in [4.69, 9.17) is 0 Å². The van der Waals surface area contributed by atoms with Crippen LogP contribution in [0.1, 0.15) is 49.3 Å². The van der Waals surface area contributed by atoms with E-state index in [-0.39, 0.29) is 5.92 Å². The third-order valence-electron chi connectivity index (χ3n) is 4.76. The lowest BCUT2D eigenvalue weighted by atomic mass is 9.89. The van der Waals surface area contributed by atoms with Gasteiger partial charge in [0.2, 0.25) is 0 Å².